The highest BCUT2D eigenvalue weighted by Crippen LogP contribution is 2.30. The molecule has 0 aliphatic carbocycles. The lowest BCUT2D eigenvalue weighted by atomic mass is 10.0. The number of benzene rings is 2. The first-order valence-electron chi connectivity index (χ1n) is 8.93. The molecule has 146 valence electrons. The summed E-state index contributed by atoms with van der Waals surface area (Å²) in [5, 5.41) is 3.56. The van der Waals surface area contributed by atoms with Gasteiger partial charge in [-0.2, -0.15) is 0 Å². The summed E-state index contributed by atoms with van der Waals surface area (Å²) < 4.78 is 26.9. The maximum absolute atomic E-state index is 12.7. The number of nitrogens with one attached hydrogen (secondary N) is 2. The van der Waals surface area contributed by atoms with Crippen LogP contribution in [0.1, 0.15) is 49.2 Å². The second kappa shape index (κ2) is 8.87. The van der Waals surface area contributed by atoms with Crippen molar-refractivity contribution in [3.8, 4) is 0 Å². The van der Waals surface area contributed by atoms with Gasteiger partial charge in [-0.15, -0.1) is 0 Å². The van der Waals surface area contributed by atoms with Crippen LogP contribution in [0.4, 0.5) is 5.69 Å². The van der Waals surface area contributed by atoms with Gasteiger partial charge in [0.2, 0.25) is 10.0 Å². The Morgan fingerprint density at radius 1 is 1.04 bits per heavy atom. The van der Waals surface area contributed by atoms with Gasteiger partial charge in [0.05, 0.1) is 4.90 Å². The molecule has 7 heteroatoms. The molecule has 0 radical (unpaired) electrons. The van der Waals surface area contributed by atoms with E-state index in [1.54, 1.807) is 13.8 Å². The van der Waals surface area contributed by atoms with Crippen LogP contribution in [0.5, 0.6) is 0 Å². The first-order valence-corrected chi connectivity index (χ1v) is 10.8. The Morgan fingerprint density at radius 3 is 2.19 bits per heavy atom. The number of amides is 1. The van der Waals surface area contributed by atoms with E-state index in [-0.39, 0.29) is 16.8 Å². The van der Waals surface area contributed by atoms with Crippen molar-refractivity contribution in [3.05, 3.63) is 58.1 Å². The van der Waals surface area contributed by atoms with Crippen molar-refractivity contribution in [1.82, 2.24) is 4.72 Å². The summed E-state index contributed by atoms with van der Waals surface area (Å²) in [4.78, 5) is 12.8. The predicted molar refractivity (Wildman–Crippen MR) is 110 cm³/mol. The normalized spacial score (nSPS) is 11.6. The molecule has 0 aromatic heterocycles. The van der Waals surface area contributed by atoms with E-state index in [2.05, 4.69) is 10.0 Å². The van der Waals surface area contributed by atoms with Crippen LogP contribution in [-0.2, 0) is 22.9 Å². The predicted octanol–water partition coefficient (Wildman–Crippen LogP) is 4.40. The van der Waals surface area contributed by atoms with Crippen molar-refractivity contribution in [3.63, 3.8) is 0 Å². The maximum atomic E-state index is 12.7. The van der Waals surface area contributed by atoms with Gasteiger partial charge < -0.3 is 5.32 Å². The van der Waals surface area contributed by atoms with Gasteiger partial charge in [-0.1, -0.05) is 31.5 Å². The molecule has 2 rings (SSSR count). The van der Waals surface area contributed by atoms with E-state index in [9.17, 15) is 13.2 Å². The quantitative estimate of drug-likeness (QED) is 0.712. The Bertz CT molecular complexity index is 923. The first kappa shape index (κ1) is 21.4. The highest BCUT2D eigenvalue weighted by Gasteiger charge is 2.17. The molecule has 0 fully saturated rings. The van der Waals surface area contributed by atoms with E-state index in [0.717, 1.165) is 23.2 Å². The van der Waals surface area contributed by atoms with Gasteiger partial charge in [0.25, 0.3) is 5.91 Å². The van der Waals surface area contributed by atoms with Gasteiger partial charge in [0.1, 0.15) is 0 Å². The third kappa shape index (κ3) is 5.09. The Morgan fingerprint density at radius 2 is 1.67 bits per heavy atom. The topological polar surface area (TPSA) is 75.3 Å². The van der Waals surface area contributed by atoms with Gasteiger partial charge >= 0.3 is 0 Å². The first-order chi connectivity index (χ1) is 12.7. The number of hydrogen-bond donors (Lipinski definition) is 2. The highest BCUT2D eigenvalue weighted by atomic mass is 35.5. The van der Waals surface area contributed by atoms with Crippen LogP contribution in [0.2, 0.25) is 5.02 Å². The number of hydrogen-bond acceptors (Lipinski definition) is 3. The minimum Gasteiger partial charge on any atom is -0.321 e. The van der Waals surface area contributed by atoms with Crippen molar-refractivity contribution in [1.29, 1.82) is 0 Å². The van der Waals surface area contributed by atoms with Gasteiger partial charge in [0, 0.05) is 22.3 Å². The second-order valence-corrected chi connectivity index (χ2v) is 8.64. The van der Waals surface area contributed by atoms with E-state index >= 15 is 0 Å². The fourth-order valence-electron chi connectivity index (χ4n) is 2.82. The Kier molecular flexibility index (Phi) is 7.03. The largest absolute Gasteiger partial charge is 0.321 e. The highest BCUT2D eigenvalue weighted by molar-refractivity contribution is 7.89. The molecule has 0 unspecified atom stereocenters. The monoisotopic (exact) mass is 408 g/mol. The summed E-state index contributed by atoms with van der Waals surface area (Å²) in [5.41, 5.74) is 3.01. The fourth-order valence-corrected chi connectivity index (χ4v) is 4.36. The minimum atomic E-state index is -3.59. The molecule has 0 saturated carbocycles. The van der Waals surface area contributed by atoms with E-state index < -0.39 is 10.0 Å². The molecule has 5 nitrogen and oxygen atoms in total. The lowest BCUT2D eigenvalue weighted by Crippen LogP contribution is -2.30. The van der Waals surface area contributed by atoms with E-state index in [1.165, 1.54) is 24.3 Å². The molecule has 0 spiro atoms. The molecule has 2 aromatic carbocycles. The Labute approximate surface area is 166 Å². The second-order valence-electron chi connectivity index (χ2n) is 6.52. The zero-order valence-electron chi connectivity index (χ0n) is 16.0. The van der Waals surface area contributed by atoms with Crippen LogP contribution >= 0.6 is 11.6 Å². The van der Waals surface area contributed by atoms with Gasteiger partial charge in [-0.3, -0.25) is 4.79 Å². The molecule has 0 bridgehead atoms. The lowest BCUT2D eigenvalue weighted by molar-refractivity contribution is 0.102. The zero-order chi connectivity index (χ0) is 20.2. The van der Waals surface area contributed by atoms with E-state index in [0.29, 0.717) is 17.0 Å². The van der Waals surface area contributed by atoms with Crippen LogP contribution in [0, 0.1) is 0 Å². The molecule has 0 aliphatic rings. The van der Waals surface area contributed by atoms with Crippen LogP contribution < -0.4 is 10.0 Å². The zero-order valence-corrected chi connectivity index (χ0v) is 17.5. The smallest absolute Gasteiger partial charge is 0.255 e. The molecule has 0 atom stereocenters. The molecular formula is C20H25ClN2O3S. The standard InChI is InChI=1S/C20H25ClN2O3S/c1-5-14-9-12-18(21)17(6-2)19(14)22-20(24)15-7-10-16(11-8-15)27(25,26)23-13(3)4/h7-13,23H,5-6H2,1-4H3,(H,22,24). The third-order valence-electron chi connectivity index (χ3n) is 4.13. The summed E-state index contributed by atoms with van der Waals surface area (Å²) in [6.45, 7) is 7.50. The van der Waals surface area contributed by atoms with Crippen molar-refractivity contribution in [2.75, 3.05) is 5.32 Å². The maximum Gasteiger partial charge on any atom is 0.255 e. The number of rotatable bonds is 7. The minimum absolute atomic E-state index is 0.124. The average Bonchev–Trinajstić information content (AvgIpc) is 2.61. The third-order valence-corrected chi connectivity index (χ3v) is 6.16. The van der Waals surface area contributed by atoms with Crippen molar-refractivity contribution < 1.29 is 13.2 Å². The molecule has 2 N–H and O–H groups in total. The molecule has 0 saturated heterocycles. The lowest BCUT2D eigenvalue weighted by Gasteiger charge is -2.16. The molecule has 1 amide bonds. The number of carbonyl (C=O) groups excluding carboxylic acids is 1. The van der Waals surface area contributed by atoms with Crippen LogP contribution in [0.3, 0.4) is 0 Å². The summed E-state index contributed by atoms with van der Waals surface area (Å²) in [5.74, 6) is -0.303. The van der Waals surface area contributed by atoms with Crippen molar-refractivity contribution in [2.45, 2.75) is 51.5 Å². The Hall–Kier alpha value is -1.89. The summed E-state index contributed by atoms with van der Waals surface area (Å²) in [6.07, 6.45) is 1.46. The summed E-state index contributed by atoms with van der Waals surface area (Å²) >= 11 is 6.28. The SMILES string of the molecule is CCc1ccc(Cl)c(CC)c1NC(=O)c1ccc(S(=O)(=O)NC(C)C)cc1. The van der Waals surface area contributed by atoms with Crippen LogP contribution in [0.25, 0.3) is 0 Å². The van der Waals surface area contributed by atoms with E-state index in [1.807, 2.05) is 26.0 Å². The summed E-state index contributed by atoms with van der Waals surface area (Å²) in [7, 11) is -3.59. The van der Waals surface area contributed by atoms with E-state index in [4.69, 9.17) is 11.6 Å². The molecular weight excluding hydrogens is 384 g/mol. The van der Waals surface area contributed by atoms with Crippen molar-refractivity contribution >= 4 is 33.2 Å². The summed E-state index contributed by atoms with van der Waals surface area (Å²) in [6, 6.07) is 9.41. The van der Waals surface area contributed by atoms with Gasteiger partial charge in [0.15, 0.2) is 0 Å². The fraction of sp³-hybridized carbons (Fsp3) is 0.350. The van der Waals surface area contributed by atoms with Crippen LogP contribution in [-0.4, -0.2) is 20.4 Å². The van der Waals surface area contributed by atoms with Gasteiger partial charge in [-0.05, 0) is 68.1 Å². The number of anilines is 1. The van der Waals surface area contributed by atoms with Crippen molar-refractivity contribution in [2.24, 2.45) is 0 Å². The molecule has 0 aliphatic heterocycles. The van der Waals surface area contributed by atoms with Gasteiger partial charge in [-0.25, -0.2) is 13.1 Å². The number of sulfonamides is 1. The Balaban J connectivity index is 2.29. The van der Waals surface area contributed by atoms with Crippen LogP contribution in [0.15, 0.2) is 41.3 Å². The molecule has 0 heterocycles. The average molecular weight is 409 g/mol. The number of aryl methyl sites for hydroxylation is 1. The molecule has 27 heavy (non-hydrogen) atoms. The molecule has 2 aromatic rings. The number of carbonyl (C=O) groups is 1. The number of halogens is 1.